The molecule has 98 valence electrons. The Hall–Kier alpha value is -2.48. The molecule has 5 heteroatoms. The van der Waals surface area contributed by atoms with Crippen molar-refractivity contribution in [2.24, 2.45) is 0 Å². The standard InChI is InChI=1S/C14H14N2O3/c1-9-11(6-7-15)16-14(19-9)10-4-5-12(17-2)13(8-10)18-3/h4-5,8H,6H2,1-3H3. The Bertz CT molecular complexity index is 626. The molecule has 0 N–H and O–H groups in total. The fraction of sp³-hybridized carbons (Fsp3) is 0.286. The summed E-state index contributed by atoms with van der Waals surface area (Å²) in [6.45, 7) is 1.80. The molecule has 1 aromatic carbocycles. The first kappa shape index (κ1) is 13.0. The molecule has 0 unspecified atom stereocenters. The number of hydrogen-bond acceptors (Lipinski definition) is 5. The average Bonchev–Trinajstić information content (AvgIpc) is 2.80. The van der Waals surface area contributed by atoms with E-state index in [1.54, 1.807) is 33.3 Å². The van der Waals surface area contributed by atoms with Gasteiger partial charge in [-0.25, -0.2) is 4.98 Å². The van der Waals surface area contributed by atoms with Gasteiger partial charge in [0, 0.05) is 5.56 Å². The van der Waals surface area contributed by atoms with E-state index in [0.29, 0.717) is 28.8 Å². The molecule has 0 radical (unpaired) electrons. The zero-order valence-electron chi connectivity index (χ0n) is 11.1. The molecule has 0 aliphatic heterocycles. The van der Waals surface area contributed by atoms with Gasteiger partial charge in [-0.05, 0) is 25.1 Å². The Labute approximate surface area is 111 Å². The minimum absolute atomic E-state index is 0.239. The van der Waals surface area contributed by atoms with Gasteiger partial charge in [-0.1, -0.05) is 0 Å². The molecule has 0 amide bonds. The van der Waals surface area contributed by atoms with Crippen LogP contribution in [-0.2, 0) is 6.42 Å². The molecule has 0 spiro atoms. The first-order valence-corrected chi connectivity index (χ1v) is 5.75. The molecule has 0 aliphatic rings. The number of aryl methyl sites for hydroxylation is 1. The second-order valence-electron chi connectivity index (χ2n) is 3.93. The Balaban J connectivity index is 2.42. The summed E-state index contributed by atoms with van der Waals surface area (Å²) in [7, 11) is 3.15. The molecule has 2 aromatic rings. The second-order valence-corrected chi connectivity index (χ2v) is 3.93. The van der Waals surface area contributed by atoms with Crippen molar-refractivity contribution < 1.29 is 13.9 Å². The summed E-state index contributed by atoms with van der Waals surface area (Å²) in [5.41, 5.74) is 1.44. The second kappa shape index (κ2) is 5.44. The van der Waals surface area contributed by atoms with Gasteiger partial charge in [0.2, 0.25) is 5.89 Å². The van der Waals surface area contributed by atoms with Crippen LogP contribution in [0.3, 0.4) is 0 Å². The van der Waals surface area contributed by atoms with Crippen molar-refractivity contribution in [1.82, 2.24) is 4.98 Å². The van der Waals surface area contributed by atoms with Crippen LogP contribution in [0.25, 0.3) is 11.5 Å². The van der Waals surface area contributed by atoms with Gasteiger partial charge < -0.3 is 13.9 Å². The molecule has 5 nitrogen and oxygen atoms in total. The summed E-state index contributed by atoms with van der Waals surface area (Å²) in [6, 6.07) is 7.48. The van der Waals surface area contributed by atoms with Crippen LogP contribution in [0, 0.1) is 18.3 Å². The Morgan fingerprint density at radius 3 is 2.63 bits per heavy atom. The largest absolute Gasteiger partial charge is 0.493 e. The van der Waals surface area contributed by atoms with E-state index in [9.17, 15) is 0 Å². The van der Waals surface area contributed by atoms with E-state index in [0.717, 1.165) is 5.56 Å². The lowest BCUT2D eigenvalue weighted by atomic mass is 10.2. The van der Waals surface area contributed by atoms with Crippen LogP contribution in [0.2, 0.25) is 0 Å². The number of benzene rings is 1. The van der Waals surface area contributed by atoms with Gasteiger partial charge in [-0.15, -0.1) is 0 Å². The average molecular weight is 258 g/mol. The van der Waals surface area contributed by atoms with Gasteiger partial charge in [-0.2, -0.15) is 5.26 Å². The molecule has 0 saturated carbocycles. The van der Waals surface area contributed by atoms with Crippen molar-refractivity contribution in [1.29, 1.82) is 5.26 Å². The molecule has 19 heavy (non-hydrogen) atoms. The topological polar surface area (TPSA) is 68.3 Å². The highest BCUT2D eigenvalue weighted by atomic mass is 16.5. The molecule has 0 atom stereocenters. The maximum atomic E-state index is 8.71. The van der Waals surface area contributed by atoms with Gasteiger partial charge in [0.15, 0.2) is 11.5 Å². The van der Waals surface area contributed by atoms with E-state index in [1.165, 1.54) is 0 Å². The number of oxazole rings is 1. The quantitative estimate of drug-likeness (QED) is 0.843. The summed E-state index contributed by atoms with van der Waals surface area (Å²) >= 11 is 0. The number of rotatable bonds is 4. The molecule has 0 fully saturated rings. The van der Waals surface area contributed by atoms with Crippen LogP contribution in [0.15, 0.2) is 22.6 Å². The van der Waals surface area contributed by atoms with Crippen LogP contribution in [0.5, 0.6) is 11.5 Å². The zero-order valence-corrected chi connectivity index (χ0v) is 11.1. The summed E-state index contributed by atoms with van der Waals surface area (Å²) in [4.78, 5) is 4.32. The van der Waals surface area contributed by atoms with Crippen LogP contribution in [0.1, 0.15) is 11.5 Å². The van der Waals surface area contributed by atoms with Gasteiger partial charge in [0.05, 0.1) is 32.4 Å². The Kier molecular flexibility index (Phi) is 3.71. The first-order valence-electron chi connectivity index (χ1n) is 5.75. The van der Waals surface area contributed by atoms with Gasteiger partial charge >= 0.3 is 0 Å². The normalized spacial score (nSPS) is 10.0. The smallest absolute Gasteiger partial charge is 0.226 e. The fourth-order valence-corrected chi connectivity index (χ4v) is 1.76. The number of nitrogens with zero attached hydrogens (tertiary/aromatic N) is 2. The molecular weight excluding hydrogens is 244 g/mol. The lowest BCUT2D eigenvalue weighted by Gasteiger charge is -2.07. The monoisotopic (exact) mass is 258 g/mol. The predicted octanol–water partition coefficient (Wildman–Crippen LogP) is 2.73. The molecule has 0 aliphatic carbocycles. The van der Waals surface area contributed by atoms with E-state index in [-0.39, 0.29) is 6.42 Å². The highest BCUT2D eigenvalue weighted by molar-refractivity contribution is 5.60. The maximum absolute atomic E-state index is 8.71. The number of nitriles is 1. The third kappa shape index (κ3) is 2.52. The van der Waals surface area contributed by atoms with Crippen LogP contribution in [0.4, 0.5) is 0 Å². The van der Waals surface area contributed by atoms with Crippen LogP contribution < -0.4 is 9.47 Å². The summed E-state index contributed by atoms with van der Waals surface area (Å²) in [5, 5.41) is 8.71. The maximum Gasteiger partial charge on any atom is 0.226 e. The fourth-order valence-electron chi connectivity index (χ4n) is 1.76. The third-order valence-electron chi connectivity index (χ3n) is 2.77. The minimum Gasteiger partial charge on any atom is -0.493 e. The van der Waals surface area contributed by atoms with E-state index >= 15 is 0 Å². The SMILES string of the molecule is COc1ccc(-c2nc(CC#N)c(C)o2)cc1OC. The molecule has 0 saturated heterocycles. The molecular formula is C14H14N2O3. The highest BCUT2D eigenvalue weighted by Gasteiger charge is 2.13. The van der Waals surface area contributed by atoms with Crippen molar-refractivity contribution in [2.45, 2.75) is 13.3 Å². The number of hydrogen-bond donors (Lipinski definition) is 0. The minimum atomic E-state index is 0.239. The Morgan fingerprint density at radius 2 is 2.00 bits per heavy atom. The van der Waals surface area contributed by atoms with Crippen LogP contribution >= 0.6 is 0 Å². The van der Waals surface area contributed by atoms with E-state index in [2.05, 4.69) is 11.1 Å². The van der Waals surface area contributed by atoms with Crippen molar-refractivity contribution in [3.8, 4) is 29.0 Å². The Morgan fingerprint density at radius 1 is 1.26 bits per heavy atom. The first-order chi connectivity index (χ1) is 9.19. The number of aromatic nitrogens is 1. The lowest BCUT2D eigenvalue weighted by Crippen LogP contribution is -1.91. The summed E-state index contributed by atoms with van der Waals surface area (Å²) in [6.07, 6.45) is 0.239. The van der Waals surface area contributed by atoms with Crippen LogP contribution in [-0.4, -0.2) is 19.2 Å². The van der Waals surface area contributed by atoms with Crippen molar-refractivity contribution >= 4 is 0 Å². The van der Waals surface area contributed by atoms with Crippen molar-refractivity contribution in [3.63, 3.8) is 0 Å². The predicted molar refractivity (Wildman–Crippen MR) is 69.1 cm³/mol. The van der Waals surface area contributed by atoms with E-state index in [4.69, 9.17) is 19.2 Å². The lowest BCUT2D eigenvalue weighted by molar-refractivity contribution is 0.355. The molecule has 0 bridgehead atoms. The van der Waals surface area contributed by atoms with Gasteiger partial charge in [0.25, 0.3) is 0 Å². The molecule has 1 aromatic heterocycles. The number of methoxy groups -OCH3 is 2. The van der Waals surface area contributed by atoms with E-state index < -0.39 is 0 Å². The molecule has 1 heterocycles. The van der Waals surface area contributed by atoms with Gasteiger partial charge in [-0.3, -0.25) is 0 Å². The van der Waals surface area contributed by atoms with Gasteiger partial charge in [0.1, 0.15) is 5.76 Å². The molecule has 2 rings (SSSR count). The third-order valence-corrected chi connectivity index (χ3v) is 2.77. The van der Waals surface area contributed by atoms with Crippen molar-refractivity contribution in [3.05, 3.63) is 29.7 Å². The van der Waals surface area contributed by atoms with E-state index in [1.807, 2.05) is 6.07 Å². The summed E-state index contributed by atoms with van der Waals surface area (Å²) in [5.74, 6) is 2.39. The zero-order chi connectivity index (χ0) is 13.8. The van der Waals surface area contributed by atoms with Crippen molar-refractivity contribution in [2.75, 3.05) is 14.2 Å². The highest BCUT2D eigenvalue weighted by Crippen LogP contribution is 2.32. The number of ether oxygens (including phenoxy) is 2. The summed E-state index contributed by atoms with van der Waals surface area (Å²) < 4.78 is 16.0.